The summed E-state index contributed by atoms with van der Waals surface area (Å²) >= 11 is 0. The van der Waals surface area contributed by atoms with Gasteiger partial charge in [0.2, 0.25) is 0 Å². The summed E-state index contributed by atoms with van der Waals surface area (Å²) in [5.41, 5.74) is 27.9. The predicted octanol–water partition coefficient (Wildman–Crippen LogP) is 11.7. The van der Waals surface area contributed by atoms with Gasteiger partial charge in [-0.3, -0.25) is 70.6 Å². The Morgan fingerprint density at radius 3 is 1.24 bits per heavy atom. The number of piperazine rings is 3. The summed E-state index contributed by atoms with van der Waals surface area (Å²) in [6.45, 7) is 35.6. The smallest absolute Gasteiger partial charge is 0.258 e. The molecule has 148 heavy (non-hydrogen) atoms. The lowest BCUT2D eigenvalue weighted by atomic mass is 9.90. The number of anilines is 3. The molecule has 3 N–H and O–H groups in total. The molecule has 20 aromatic rings. The fourth-order valence-corrected chi connectivity index (χ4v) is 20.5. The number of piperidine rings is 2. The van der Waals surface area contributed by atoms with Gasteiger partial charge in [0.25, 0.3) is 27.8 Å². The molecule has 5 aliphatic rings. The molecule has 5 saturated heterocycles. The summed E-state index contributed by atoms with van der Waals surface area (Å²) in [4.78, 5) is 118. The lowest BCUT2D eigenvalue weighted by molar-refractivity contribution is 0.114. The molecule has 5 aliphatic heterocycles. The van der Waals surface area contributed by atoms with Crippen LogP contribution in [0.1, 0.15) is 121 Å². The topological polar surface area (TPSA) is 372 Å². The molecule has 0 atom stereocenters. The lowest BCUT2D eigenvalue weighted by Gasteiger charge is -2.34. The normalized spacial score (nSPS) is 15.2. The van der Waals surface area contributed by atoms with Crippen molar-refractivity contribution in [2.75, 3.05) is 134 Å². The van der Waals surface area contributed by atoms with Crippen molar-refractivity contribution >= 4 is 78.3 Å². The monoisotopic (exact) mass is 1990 g/mol. The van der Waals surface area contributed by atoms with Gasteiger partial charge in [-0.2, -0.15) is 25.5 Å². The molecule has 5 fully saturated rings. The van der Waals surface area contributed by atoms with Crippen molar-refractivity contribution in [2.45, 2.75) is 133 Å². The number of pyridine rings is 5. The van der Waals surface area contributed by atoms with Crippen LogP contribution in [0, 0.1) is 55.4 Å². The van der Waals surface area contributed by atoms with Crippen molar-refractivity contribution in [1.82, 2.24) is 141 Å². The zero-order chi connectivity index (χ0) is 102. The second-order valence-corrected chi connectivity index (χ2v) is 39.5. The van der Waals surface area contributed by atoms with Crippen LogP contribution >= 0.6 is 0 Å². The number of aromatic nitrogens is 24. The van der Waals surface area contributed by atoms with E-state index >= 15 is 0 Å². The molecule has 24 heterocycles. The van der Waals surface area contributed by atoms with Crippen molar-refractivity contribution in [2.24, 2.45) is 7.05 Å². The van der Waals surface area contributed by atoms with Crippen LogP contribution in [-0.2, 0) is 19.9 Å². The van der Waals surface area contributed by atoms with Gasteiger partial charge in [-0.15, -0.1) is 0 Å². The number of likely N-dealkylation sites (tertiary alicyclic amines) is 1. The fraction of sp³-hybridized carbons (Fsp3) is 0.355. The Morgan fingerprint density at radius 1 is 0.331 bits per heavy atom. The molecule has 0 bridgehead atoms. The van der Waals surface area contributed by atoms with E-state index < -0.39 is 0 Å². The Balaban J connectivity index is 0.000000108. The number of fused-ring (bicyclic) bond motifs is 10. The van der Waals surface area contributed by atoms with E-state index in [0.717, 1.165) is 274 Å². The zero-order valence-electron chi connectivity index (χ0n) is 85.9. The first kappa shape index (κ1) is 98.0. The van der Waals surface area contributed by atoms with Gasteiger partial charge < -0.3 is 45.2 Å². The first-order valence-corrected chi connectivity index (χ1v) is 51.1. The van der Waals surface area contributed by atoms with E-state index in [2.05, 4.69) is 131 Å². The Bertz CT molecular complexity index is 8790. The zero-order valence-corrected chi connectivity index (χ0v) is 85.9. The van der Waals surface area contributed by atoms with Crippen molar-refractivity contribution in [1.29, 1.82) is 0 Å². The molecule has 0 amide bonds. The first-order chi connectivity index (χ1) is 71.7. The number of hydrogen-bond acceptors (Lipinski definition) is 28. The number of likely N-dealkylation sites (N-methyl/N-ethyl adjacent to an activating group) is 1. The number of nitrogens with zero attached hydrogens (tertiary/aromatic N) is 29. The summed E-state index contributed by atoms with van der Waals surface area (Å²) < 4.78 is 23.3. The van der Waals surface area contributed by atoms with Gasteiger partial charge >= 0.3 is 0 Å². The summed E-state index contributed by atoms with van der Waals surface area (Å²) in [6.07, 6.45) is 27.1. The van der Waals surface area contributed by atoms with Crippen LogP contribution in [0.3, 0.4) is 0 Å². The number of rotatable bonds is 15. The van der Waals surface area contributed by atoms with Gasteiger partial charge in [-0.05, 0) is 223 Å². The minimum Gasteiger partial charge on any atom is -0.489 e. The maximum Gasteiger partial charge on any atom is 0.258 e. The fourth-order valence-electron chi connectivity index (χ4n) is 20.5. The highest BCUT2D eigenvalue weighted by Crippen LogP contribution is 2.33. The van der Waals surface area contributed by atoms with Crippen molar-refractivity contribution in [3.8, 4) is 62.6 Å². The standard InChI is InChI=1S/C23H27N7O.C22H25N7O.C22H24N6O2.C22H23N5O.C21H23N7O/c1-4-5-18-21-12-20(26-30(21)14-16(2)24-18)19-13-23(31)29-15-17(6-7-22(29)25-19)28-10-8-27(3)9-11-28;1-3-4-17-20-11-19(26-29(20)13-15(2)24-17)18-12-22(30)28-14-16(5-6-21(28)25-18)27-9-7-23-8-10-27;1-14-12-28-20(15(2)23-14)10-19(25-28)18-11-22(29)27-13-17(4-5-21(27)24-18)30-16-6-8-26(3)9-7-16;1-14-9-17(15-5-7-23-8-6-15)13-27-21(28)11-20(24-22(14)27)16-3-4-19-18(10-16)12-26(2)25-19;1-13-8-16(26-6-4-22-5-7-26)12-27-20(29)10-17(24-21(13)27)18-9-19-15(3)23-14(2)11-28(19)25-18/h6-7,12-15H,4-5,8-11H2,1-3H3;5-6,11-14,23H,3-4,7-10H2,1-2H3;4-5,10-13,16H,6-9H2,1-3H3;3-4,9-13,15,23H,5-8H2,1-2H3;8-12,22H,4-7H2,1-3H3. The van der Waals surface area contributed by atoms with Gasteiger partial charge in [0.1, 0.15) is 62.9 Å². The van der Waals surface area contributed by atoms with Gasteiger partial charge in [0, 0.05) is 171 Å². The molecule has 38 nitrogen and oxygen atoms in total. The Kier molecular flexibility index (Phi) is 27.7. The Morgan fingerprint density at radius 2 is 0.736 bits per heavy atom. The third-order valence-corrected chi connectivity index (χ3v) is 28.2. The summed E-state index contributed by atoms with van der Waals surface area (Å²) in [6, 6.07) is 37.6. The minimum absolute atomic E-state index is 0.0369. The number of ether oxygens (including phenoxy) is 1. The molecule has 0 radical (unpaired) electrons. The van der Waals surface area contributed by atoms with Gasteiger partial charge in [-0.25, -0.2) is 43.0 Å². The Hall–Kier alpha value is -16.0. The molecule has 19 aromatic heterocycles. The quantitative estimate of drug-likeness (QED) is 0.0858. The van der Waals surface area contributed by atoms with E-state index in [1.165, 1.54) is 16.0 Å². The minimum atomic E-state index is -0.160. The van der Waals surface area contributed by atoms with E-state index in [1.54, 1.807) is 61.8 Å². The second-order valence-electron chi connectivity index (χ2n) is 39.5. The van der Waals surface area contributed by atoms with Crippen LogP contribution < -0.4 is 63.2 Å². The average molecular weight is 1990 g/mol. The molecule has 0 saturated carbocycles. The highest BCUT2D eigenvalue weighted by Gasteiger charge is 2.26. The summed E-state index contributed by atoms with van der Waals surface area (Å²) in [7, 11) is 6.16. The van der Waals surface area contributed by atoms with Crippen molar-refractivity contribution < 1.29 is 4.74 Å². The summed E-state index contributed by atoms with van der Waals surface area (Å²) in [5, 5.41) is 34.1. The molecule has 38 heteroatoms. The molecule has 0 unspecified atom stereocenters. The van der Waals surface area contributed by atoms with E-state index in [-0.39, 0.29) is 33.9 Å². The molecular weight excluding hydrogens is 1870 g/mol. The molecule has 25 rings (SSSR count). The van der Waals surface area contributed by atoms with Crippen LogP contribution in [0.15, 0.2) is 207 Å². The first-order valence-electron chi connectivity index (χ1n) is 51.1. The predicted molar refractivity (Wildman–Crippen MR) is 577 cm³/mol. The molecule has 0 aliphatic carbocycles. The number of aryl methyl sites for hydroxylation is 11. The van der Waals surface area contributed by atoms with E-state index in [9.17, 15) is 24.0 Å². The van der Waals surface area contributed by atoms with Gasteiger partial charge in [0.05, 0.1) is 150 Å². The van der Waals surface area contributed by atoms with Crippen molar-refractivity contribution in [3.05, 3.63) is 297 Å². The van der Waals surface area contributed by atoms with E-state index in [0.29, 0.717) is 85.5 Å². The van der Waals surface area contributed by atoms with E-state index in [4.69, 9.17) is 24.7 Å². The second kappa shape index (κ2) is 41.8. The lowest BCUT2D eigenvalue weighted by Crippen LogP contribution is -2.44. The average Bonchev–Trinajstić information content (AvgIpc) is 1.42. The van der Waals surface area contributed by atoms with Crippen LogP contribution in [0.5, 0.6) is 5.75 Å². The van der Waals surface area contributed by atoms with Crippen LogP contribution in [-0.4, -0.2) is 250 Å². The van der Waals surface area contributed by atoms with Gasteiger partial charge in [0.15, 0.2) is 0 Å². The van der Waals surface area contributed by atoms with Crippen molar-refractivity contribution in [3.63, 3.8) is 0 Å². The third kappa shape index (κ3) is 20.9. The SMILES string of the molecule is CCCc1nc(C)cn2nc(-c3cc(=O)n4cc(N5CCN(C)CC5)ccc4n3)cc12.CCCc1nc(C)cn2nc(-c3cc(=O)n4cc(N5CCNCC5)ccc4n3)cc12.Cc1cc(C2CCNCC2)cn2c(=O)cc(-c3ccc4nn(C)cc4c3)nc12.Cc1cn2nc(-c3cc(=O)n4cc(N5CCNCC5)cc(C)c4n3)cc2c(C)n1.Cc1cn2nc(-c3cc(=O)n4cc(OC5CCN(C)CC5)ccc4n3)cc2c(C)n1. The van der Waals surface area contributed by atoms with Crippen LogP contribution in [0.2, 0.25) is 0 Å². The number of nitrogens with one attached hydrogen (secondary N) is 3. The third-order valence-electron chi connectivity index (χ3n) is 28.2. The van der Waals surface area contributed by atoms with Crippen LogP contribution in [0.25, 0.3) is 118 Å². The highest BCUT2D eigenvalue weighted by atomic mass is 16.5. The van der Waals surface area contributed by atoms with E-state index in [1.807, 2.05) is 206 Å². The largest absolute Gasteiger partial charge is 0.489 e. The molecule has 1 aromatic carbocycles. The highest BCUT2D eigenvalue weighted by molar-refractivity contribution is 5.84. The maximum atomic E-state index is 12.9. The molecular formula is C110H122N32O6. The number of benzene rings is 1. The van der Waals surface area contributed by atoms with Gasteiger partial charge in [-0.1, -0.05) is 38.8 Å². The Labute approximate surface area is 852 Å². The number of hydrogen-bond donors (Lipinski definition) is 3. The molecule has 0 spiro atoms. The molecule has 758 valence electrons. The van der Waals surface area contributed by atoms with Crippen LogP contribution in [0.4, 0.5) is 17.1 Å². The maximum absolute atomic E-state index is 12.9. The summed E-state index contributed by atoms with van der Waals surface area (Å²) in [5.74, 6) is 1.20.